The maximum Gasteiger partial charge on any atom is 0.0972 e. The van der Waals surface area contributed by atoms with Crippen LogP contribution in [0.2, 0.25) is 0 Å². The minimum atomic E-state index is 0.689. The summed E-state index contributed by atoms with van der Waals surface area (Å²) in [6, 6.07) is 8.41. The molecular formula is C15H19BrN2S. The lowest BCUT2D eigenvalue weighted by Crippen LogP contribution is -2.18. The summed E-state index contributed by atoms with van der Waals surface area (Å²) in [7, 11) is 0. The predicted octanol–water partition coefficient (Wildman–Crippen LogP) is 4.24. The van der Waals surface area contributed by atoms with Gasteiger partial charge in [-0.2, -0.15) is 0 Å². The van der Waals surface area contributed by atoms with Gasteiger partial charge in [0.15, 0.2) is 0 Å². The molecule has 0 saturated heterocycles. The van der Waals surface area contributed by atoms with Crippen molar-refractivity contribution in [3.8, 4) is 0 Å². The molecule has 0 fully saturated rings. The van der Waals surface area contributed by atoms with Gasteiger partial charge < -0.3 is 5.32 Å². The highest BCUT2D eigenvalue weighted by Gasteiger charge is 2.04. The molecule has 4 heteroatoms. The summed E-state index contributed by atoms with van der Waals surface area (Å²) in [6.07, 6.45) is 2.90. The molecule has 1 aromatic heterocycles. The Balaban J connectivity index is 1.90. The number of benzene rings is 1. The highest BCUT2D eigenvalue weighted by Crippen LogP contribution is 2.19. The van der Waals surface area contributed by atoms with E-state index in [4.69, 9.17) is 0 Å². The number of aromatic nitrogens is 1. The van der Waals surface area contributed by atoms with E-state index in [1.165, 1.54) is 15.4 Å². The van der Waals surface area contributed by atoms with Gasteiger partial charge in [-0.05, 0) is 30.2 Å². The first kappa shape index (κ1) is 14.7. The summed E-state index contributed by atoms with van der Waals surface area (Å²) in [4.78, 5) is 5.81. The second-order valence-corrected chi connectivity index (χ2v) is 7.17. The summed E-state index contributed by atoms with van der Waals surface area (Å²) in [6.45, 7) is 6.42. The minimum absolute atomic E-state index is 0.689. The number of halogens is 1. The number of nitrogens with one attached hydrogen (secondary N) is 1. The number of nitrogens with zero attached hydrogens (tertiary/aromatic N) is 1. The fraction of sp³-hybridized carbons (Fsp3) is 0.400. The minimum Gasteiger partial charge on any atom is -0.312 e. The fourth-order valence-corrected chi connectivity index (χ4v) is 3.19. The Morgan fingerprint density at radius 2 is 2.21 bits per heavy atom. The van der Waals surface area contributed by atoms with Crippen LogP contribution >= 0.6 is 27.3 Å². The van der Waals surface area contributed by atoms with Crippen LogP contribution in [0, 0.1) is 5.92 Å². The maximum absolute atomic E-state index is 4.50. The summed E-state index contributed by atoms with van der Waals surface area (Å²) >= 11 is 5.30. The van der Waals surface area contributed by atoms with Crippen LogP contribution in [0.5, 0.6) is 0 Å². The molecule has 1 aromatic carbocycles. The molecule has 0 aliphatic rings. The van der Waals surface area contributed by atoms with Crippen LogP contribution in [-0.4, -0.2) is 11.5 Å². The molecule has 0 amide bonds. The van der Waals surface area contributed by atoms with Crippen LogP contribution in [0.3, 0.4) is 0 Å². The summed E-state index contributed by atoms with van der Waals surface area (Å²) < 4.78 is 1.13. The lowest BCUT2D eigenvalue weighted by Gasteiger charge is -2.04. The first-order valence-electron chi connectivity index (χ1n) is 6.52. The molecule has 2 aromatic rings. The third kappa shape index (κ3) is 5.05. The number of hydrogen-bond donors (Lipinski definition) is 1. The molecular weight excluding hydrogens is 320 g/mol. The summed E-state index contributed by atoms with van der Waals surface area (Å²) in [5, 5.41) is 4.63. The van der Waals surface area contributed by atoms with Gasteiger partial charge in [-0.3, -0.25) is 0 Å². The third-order valence-corrected chi connectivity index (χ3v) is 4.19. The highest BCUT2D eigenvalue weighted by atomic mass is 79.9. The highest BCUT2D eigenvalue weighted by molar-refractivity contribution is 9.10. The zero-order chi connectivity index (χ0) is 13.7. The Morgan fingerprint density at radius 1 is 1.37 bits per heavy atom. The number of hydrogen-bond acceptors (Lipinski definition) is 3. The average Bonchev–Trinajstić information content (AvgIpc) is 2.76. The van der Waals surface area contributed by atoms with E-state index < -0.39 is 0 Å². The standard InChI is InChI=1S/C15H19BrN2S/c1-11(2)8-17-9-14-10-18-15(19-14)7-12-4-3-5-13(16)6-12/h3-6,10-11,17H,7-9H2,1-2H3. The van der Waals surface area contributed by atoms with Gasteiger partial charge >= 0.3 is 0 Å². The van der Waals surface area contributed by atoms with Crippen LogP contribution in [0.4, 0.5) is 0 Å². The third-order valence-electron chi connectivity index (χ3n) is 2.70. The summed E-state index contributed by atoms with van der Waals surface area (Å²) in [5.41, 5.74) is 1.30. The Labute approximate surface area is 127 Å². The molecule has 19 heavy (non-hydrogen) atoms. The van der Waals surface area contributed by atoms with Crippen molar-refractivity contribution >= 4 is 27.3 Å². The molecule has 1 heterocycles. The Bertz CT molecular complexity index is 522. The molecule has 0 spiro atoms. The van der Waals surface area contributed by atoms with E-state index in [1.807, 2.05) is 12.3 Å². The maximum atomic E-state index is 4.50. The van der Waals surface area contributed by atoms with Crippen LogP contribution in [-0.2, 0) is 13.0 Å². The van der Waals surface area contributed by atoms with E-state index in [2.05, 4.69) is 58.3 Å². The zero-order valence-corrected chi connectivity index (χ0v) is 13.7. The van der Waals surface area contributed by atoms with E-state index in [0.29, 0.717) is 5.92 Å². The van der Waals surface area contributed by atoms with Crippen molar-refractivity contribution in [1.29, 1.82) is 0 Å². The molecule has 0 saturated carbocycles. The molecule has 102 valence electrons. The van der Waals surface area contributed by atoms with Gasteiger partial charge in [-0.1, -0.05) is 41.9 Å². The van der Waals surface area contributed by atoms with Crippen molar-refractivity contribution in [2.75, 3.05) is 6.54 Å². The van der Waals surface area contributed by atoms with Crippen LogP contribution in [0.1, 0.15) is 29.3 Å². The van der Waals surface area contributed by atoms with Crippen molar-refractivity contribution in [3.05, 3.63) is 50.4 Å². The normalized spacial score (nSPS) is 11.2. The lowest BCUT2D eigenvalue weighted by molar-refractivity contribution is 0.554. The average molecular weight is 339 g/mol. The number of thiazole rings is 1. The van der Waals surface area contributed by atoms with Gasteiger partial charge in [-0.25, -0.2) is 4.98 Å². The molecule has 0 bridgehead atoms. The predicted molar refractivity (Wildman–Crippen MR) is 85.6 cm³/mol. The lowest BCUT2D eigenvalue weighted by atomic mass is 10.2. The topological polar surface area (TPSA) is 24.9 Å². The van der Waals surface area contributed by atoms with E-state index in [9.17, 15) is 0 Å². The van der Waals surface area contributed by atoms with Crippen molar-refractivity contribution in [2.45, 2.75) is 26.8 Å². The zero-order valence-electron chi connectivity index (χ0n) is 11.3. The molecule has 0 aliphatic carbocycles. The molecule has 2 nitrogen and oxygen atoms in total. The molecule has 0 atom stereocenters. The molecule has 2 rings (SSSR count). The SMILES string of the molecule is CC(C)CNCc1cnc(Cc2cccc(Br)c2)s1. The second kappa shape index (κ2) is 7.17. The molecule has 1 N–H and O–H groups in total. The summed E-state index contributed by atoms with van der Waals surface area (Å²) in [5.74, 6) is 0.689. The molecule has 0 radical (unpaired) electrons. The van der Waals surface area contributed by atoms with Crippen molar-refractivity contribution < 1.29 is 0 Å². The van der Waals surface area contributed by atoms with Gasteiger partial charge in [0.1, 0.15) is 0 Å². The molecule has 0 aliphatic heterocycles. The Hall–Kier alpha value is -0.710. The van der Waals surface area contributed by atoms with E-state index in [0.717, 1.165) is 24.0 Å². The van der Waals surface area contributed by atoms with Crippen molar-refractivity contribution in [2.24, 2.45) is 5.92 Å². The quantitative estimate of drug-likeness (QED) is 0.851. The van der Waals surface area contributed by atoms with Crippen LogP contribution in [0.25, 0.3) is 0 Å². The Kier molecular flexibility index (Phi) is 5.55. The van der Waals surface area contributed by atoms with Gasteiger partial charge in [-0.15, -0.1) is 11.3 Å². The van der Waals surface area contributed by atoms with Gasteiger partial charge in [0.2, 0.25) is 0 Å². The largest absolute Gasteiger partial charge is 0.312 e. The molecule has 0 unspecified atom stereocenters. The van der Waals surface area contributed by atoms with Crippen LogP contribution < -0.4 is 5.32 Å². The first-order chi connectivity index (χ1) is 9.13. The van der Waals surface area contributed by atoms with Crippen LogP contribution in [0.15, 0.2) is 34.9 Å². The fourth-order valence-electron chi connectivity index (χ4n) is 1.82. The van der Waals surface area contributed by atoms with E-state index in [-0.39, 0.29) is 0 Å². The van der Waals surface area contributed by atoms with Gasteiger partial charge in [0, 0.05) is 28.5 Å². The second-order valence-electron chi connectivity index (χ2n) is 5.05. The van der Waals surface area contributed by atoms with E-state index >= 15 is 0 Å². The monoisotopic (exact) mass is 338 g/mol. The first-order valence-corrected chi connectivity index (χ1v) is 8.13. The number of rotatable bonds is 6. The smallest absolute Gasteiger partial charge is 0.0972 e. The Morgan fingerprint density at radius 3 is 2.95 bits per heavy atom. The van der Waals surface area contributed by atoms with Crippen molar-refractivity contribution in [1.82, 2.24) is 10.3 Å². The van der Waals surface area contributed by atoms with E-state index in [1.54, 1.807) is 11.3 Å². The van der Waals surface area contributed by atoms with Crippen molar-refractivity contribution in [3.63, 3.8) is 0 Å². The van der Waals surface area contributed by atoms with Gasteiger partial charge in [0.05, 0.1) is 5.01 Å². The van der Waals surface area contributed by atoms with Gasteiger partial charge in [0.25, 0.3) is 0 Å².